The Morgan fingerprint density at radius 2 is 1.43 bits per heavy atom. The summed E-state index contributed by atoms with van der Waals surface area (Å²) in [6, 6.07) is 24.3. The summed E-state index contributed by atoms with van der Waals surface area (Å²) in [6.07, 6.45) is 13.5. The lowest BCUT2D eigenvalue weighted by Gasteiger charge is -2.41. The van der Waals surface area contributed by atoms with E-state index in [0.717, 1.165) is 101 Å². The van der Waals surface area contributed by atoms with Gasteiger partial charge in [-0.15, -0.1) is 0 Å². The predicted octanol–water partition coefficient (Wildman–Crippen LogP) is 7.42. The molecular weight excluding hydrogens is 939 g/mol. The average Bonchev–Trinajstić information content (AvgIpc) is 3.82. The third-order valence-corrected chi connectivity index (χ3v) is 14.7. The number of carbonyl (C=O) groups excluding carboxylic acids is 3. The molecule has 0 radical (unpaired) electrons. The van der Waals surface area contributed by atoms with Crippen molar-refractivity contribution in [3.63, 3.8) is 0 Å². The largest absolute Gasteiger partial charge is 0.491 e. The molecule has 0 unspecified atom stereocenters. The van der Waals surface area contributed by atoms with E-state index in [4.69, 9.17) is 28.4 Å². The molecule has 3 aromatic carbocycles. The highest BCUT2D eigenvalue weighted by atomic mass is 16.6. The Morgan fingerprint density at radius 3 is 2.18 bits per heavy atom. The summed E-state index contributed by atoms with van der Waals surface area (Å²) in [5.74, 6) is 0.576. The van der Waals surface area contributed by atoms with E-state index < -0.39 is 18.1 Å². The maximum atomic E-state index is 14.9. The van der Waals surface area contributed by atoms with Crippen molar-refractivity contribution < 1.29 is 42.8 Å². The Kier molecular flexibility index (Phi) is 18.5. The maximum absolute atomic E-state index is 14.9. The molecule has 1 fully saturated rings. The van der Waals surface area contributed by atoms with Crippen molar-refractivity contribution in [1.82, 2.24) is 35.8 Å². The van der Waals surface area contributed by atoms with Gasteiger partial charge in [-0.05, 0) is 110 Å². The van der Waals surface area contributed by atoms with Gasteiger partial charge in [0.1, 0.15) is 31.0 Å². The number of benzene rings is 3. The number of aromatic nitrogens is 3. The lowest BCUT2D eigenvalue weighted by Crippen LogP contribution is -2.60. The number of H-pyrrole nitrogens is 1. The molecule has 16 nitrogen and oxygen atoms in total. The van der Waals surface area contributed by atoms with Crippen LogP contribution in [0.15, 0.2) is 97.5 Å². The number of pyridine rings is 2. The van der Waals surface area contributed by atoms with E-state index in [0.29, 0.717) is 84.1 Å². The van der Waals surface area contributed by atoms with Crippen molar-refractivity contribution >= 4 is 39.5 Å². The quantitative estimate of drug-likeness (QED) is 0.0417. The van der Waals surface area contributed by atoms with Gasteiger partial charge in [0.05, 0.1) is 64.9 Å². The maximum Gasteiger partial charge on any atom is 0.246 e. The molecule has 3 amide bonds. The number of nitrogens with one attached hydrogen (secondary N) is 4. The van der Waals surface area contributed by atoms with Gasteiger partial charge in [0, 0.05) is 65.0 Å². The van der Waals surface area contributed by atoms with Crippen LogP contribution in [0.1, 0.15) is 80.2 Å². The molecule has 9 rings (SSSR count). The number of nitrogens with zero attached hydrogens (tertiary/aromatic N) is 3. The zero-order valence-corrected chi connectivity index (χ0v) is 42.8. The zero-order chi connectivity index (χ0) is 51.1. The summed E-state index contributed by atoms with van der Waals surface area (Å²) in [7, 11) is 1.73. The highest BCUT2D eigenvalue weighted by molar-refractivity contribution is 6.07. The molecule has 3 aromatic heterocycles. The lowest BCUT2D eigenvalue weighted by molar-refractivity contribution is -0.146. The summed E-state index contributed by atoms with van der Waals surface area (Å²) in [4.78, 5) is 56.6. The summed E-state index contributed by atoms with van der Waals surface area (Å²) in [6.45, 7) is 6.10. The Balaban J connectivity index is 0.668. The van der Waals surface area contributed by atoms with Gasteiger partial charge in [0.15, 0.2) is 0 Å². The van der Waals surface area contributed by atoms with E-state index in [9.17, 15) is 14.4 Å². The van der Waals surface area contributed by atoms with Gasteiger partial charge in [-0.1, -0.05) is 61.7 Å². The van der Waals surface area contributed by atoms with E-state index in [1.165, 1.54) is 5.56 Å². The zero-order valence-electron chi connectivity index (χ0n) is 42.8. The first kappa shape index (κ1) is 52.4. The van der Waals surface area contributed by atoms with Crippen LogP contribution < -0.4 is 25.4 Å². The molecule has 0 bridgehead atoms. The molecule has 0 spiro atoms. The normalized spacial score (nSPS) is 17.6. The van der Waals surface area contributed by atoms with Crippen molar-refractivity contribution in [3.8, 4) is 22.8 Å². The van der Waals surface area contributed by atoms with Gasteiger partial charge in [0.2, 0.25) is 23.6 Å². The number of hydrogen-bond donors (Lipinski definition) is 4. The number of ether oxygens (including phenoxy) is 6. The molecule has 0 saturated heterocycles. The third-order valence-electron chi connectivity index (χ3n) is 14.7. The molecule has 74 heavy (non-hydrogen) atoms. The Bertz CT molecular complexity index is 2800. The number of amides is 3. The van der Waals surface area contributed by atoms with Gasteiger partial charge < -0.3 is 54.3 Å². The fraction of sp³-hybridized carbons (Fsp3) is 0.466. The Hall–Kier alpha value is -6.43. The third kappa shape index (κ3) is 13.4. The fourth-order valence-electron chi connectivity index (χ4n) is 10.5. The molecular formula is C58H71N7O9. The smallest absolute Gasteiger partial charge is 0.246 e. The van der Waals surface area contributed by atoms with Gasteiger partial charge in [-0.2, -0.15) is 0 Å². The average molecular weight is 1010 g/mol. The molecule has 16 heteroatoms. The molecule has 392 valence electrons. The van der Waals surface area contributed by atoms with Crippen LogP contribution in [0.4, 0.5) is 0 Å². The van der Waals surface area contributed by atoms with Crippen molar-refractivity contribution in [3.05, 3.63) is 120 Å². The summed E-state index contributed by atoms with van der Waals surface area (Å²) >= 11 is 0. The van der Waals surface area contributed by atoms with E-state index in [2.05, 4.69) is 61.2 Å². The number of aromatic amines is 1. The number of carbonyl (C=O) groups is 3. The molecule has 1 saturated carbocycles. The van der Waals surface area contributed by atoms with E-state index in [1.54, 1.807) is 25.1 Å². The van der Waals surface area contributed by atoms with Crippen LogP contribution >= 0.6 is 0 Å². The SMILES string of the molecule is CN[C@@H](C)C(=O)N[C@H](C(=O)N1Cc2cc(OCCOCCOCCOCCOCCOc3ccc(-c4ccc5c(c4)[nH]c4ccncc45)cn3)ccc2C[C@@H]1C(=O)N[C@H]1CCCc2ccccc21)C1CCCCC1. The number of rotatable bonds is 25. The van der Waals surface area contributed by atoms with Crippen LogP contribution in [-0.4, -0.2) is 129 Å². The van der Waals surface area contributed by atoms with Crippen LogP contribution in [0.2, 0.25) is 0 Å². The molecule has 1 aliphatic heterocycles. The number of hydrogen-bond acceptors (Lipinski definition) is 12. The molecule has 6 aromatic rings. The van der Waals surface area contributed by atoms with Crippen LogP contribution in [0.3, 0.4) is 0 Å². The van der Waals surface area contributed by atoms with Crippen LogP contribution in [0.5, 0.6) is 11.6 Å². The second-order valence-corrected chi connectivity index (χ2v) is 19.5. The number of fused-ring (bicyclic) bond motifs is 5. The highest BCUT2D eigenvalue weighted by Gasteiger charge is 2.42. The first-order chi connectivity index (χ1) is 36.3. The second kappa shape index (κ2) is 26.2. The standard InChI is InChI=1S/C58H71N7O9/c1-39(59-2)56(66)64-55(41-10-4-3-5-11-41)58(68)65-38-45-33-46(18-15-43(45)35-53(65)57(67)63-50-14-8-12-40-9-6-7-13-47(40)50)73-31-29-71-27-25-69-23-24-70-26-28-72-30-32-74-54-20-17-44(36-61-54)42-16-19-48-49-37-60-22-21-51(49)62-52(48)34-42/h6-7,9,13,15-22,33-34,36-37,39,41,50,53,55,59,62H,3-5,8,10-12,14,23-32,35,38H2,1-2H3,(H,63,67)(H,64,66)/t39-,50-,53+,55-/m0/s1. The first-order valence-electron chi connectivity index (χ1n) is 26.5. The lowest BCUT2D eigenvalue weighted by atomic mass is 9.82. The minimum Gasteiger partial charge on any atom is -0.491 e. The number of likely N-dealkylation sites (N-methyl/N-ethyl adjacent to an activating group) is 1. The fourth-order valence-corrected chi connectivity index (χ4v) is 10.5. The van der Waals surface area contributed by atoms with Crippen molar-refractivity contribution in [2.45, 2.75) is 95.4 Å². The monoisotopic (exact) mass is 1010 g/mol. The highest BCUT2D eigenvalue weighted by Crippen LogP contribution is 2.35. The first-order valence-corrected chi connectivity index (χ1v) is 26.5. The topological polar surface area (TPSA) is 187 Å². The van der Waals surface area contributed by atoms with Gasteiger partial charge in [-0.3, -0.25) is 19.4 Å². The van der Waals surface area contributed by atoms with Gasteiger partial charge >= 0.3 is 0 Å². The predicted molar refractivity (Wildman–Crippen MR) is 283 cm³/mol. The molecule has 4 heterocycles. The molecule has 4 atom stereocenters. The number of aryl methyl sites for hydroxylation is 1. The van der Waals surface area contributed by atoms with Crippen molar-refractivity contribution in [2.75, 3.05) is 73.1 Å². The molecule has 2 aliphatic carbocycles. The van der Waals surface area contributed by atoms with E-state index >= 15 is 0 Å². The van der Waals surface area contributed by atoms with Crippen LogP contribution in [-0.2, 0) is 52.7 Å². The van der Waals surface area contributed by atoms with Crippen LogP contribution in [0.25, 0.3) is 32.9 Å². The Labute approximate surface area is 433 Å². The van der Waals surface area contributed by atoms with E-state index in [-0.39, 0.29) is 36.2 Å². The van der Waals surface area contributed by atoms with Gasteiger partial charge in [-0.25, -0.2) is 4.98 Å². The van der Waals surface area contributed by atoms with Gasteiger partial charge in [0.25, 0.3) is 0 Å². The summed E-state index contributed by atoms with van der Waals surface area (Å²) in [5, 5.41) is 11.7. The Morgan fingerprint density at radius 1 is 0.703 bits per heavy atom. The summed E-state index contributed by atoms with van der Waals surface area (Å²) in [5.41, 5.74) is 8.50. The molecule has 3 aliphatic rings. The van der Waals surface area contributed by atoms with Crippen molar-refractivity contribution in [2.24, 2.45) is 5.92 Å². The molecule has 4 N–H and O–H groups in total. The van der Waals surface area contributed by atoms with Crippen molar-refractivity contribution in [1.29, 1.82) is 0 Å². The second-order valence-electron chi connectivity index (χ2n) is 19.5. The van der Waals surface area contributed by atoms with E-state index in [1.807, 2.05) is 60.9 Å². The van der Waals surface area contributed by atoms with Crippen LogP contribution in [0, 0.1) is 5.92 Å². The summed E-state index contributed by atoms with van der Waals surface area (Å²) < 4.78 is 34.7. The minimum atomic E-state index is -0.735. The minimum absolute atomic E-state index is 0.00911.